The van der Waals surface area contributed by atoms with Gasteiger partial charge in [-0.3, -0.25) is 15.2 Å². The molecule has 0 aliphatic rings. The van der Waals surface area contributed by atoms with Gasteiger partial charge in [0, 0.05) is 24.6 Å². The molecule has 0 aliphatic carbocycles. The molecule has 0 bridgehead atoms. The summed E-state index contributed by atoms with van der Waals surface area (Å²) < 4.78 is 5.30. The minimum Gasteiger partial charge on any atom is -0.496 e. The first-order chi connectivity index (χ1) is 12.0. The van der Waals surface area contributed by atoms with E-state index in [1.807, 2.05) is 0 Å². The molecule has 0 spiro atoms. The zero-order valence-corrected chi connectivity index (χ0v) is 13.9. The molecule has 0 amide bonds. The number of halogens is 1. The van der Waals surface area contributed by atoms with Crippen LogP contribution in [0, 0.1) is 10.1 Å². The molecule has 1 aromatic heterocycles. The lowest BCUT2D eigenvalue weighted by Crippen LogP contribution is -1.94. The van der Waals surface area contributed by atoms with Gasteiger partial charge in [0.25, 0.3) is 5.69 Å². The maximum atomic E-state index is 10.7. The summed E-state index contributed by atoms with van der Waals surface area (Å²) in [6.07, 6.45) is 0.454. The van der Waals surface area contributed by atoms with E-state index >= 15 is 0 Å². The van der Waals surface area contributed by atoms with Gasteiger partial charge in [0.15, 0.2) is 5.82 Å². The molecule has 8 nitrogen and oxygen atoms in total. The maximum absolute atomic E-state index is 10.7. The SMILES string of the molecule is COc1cc(N)c(Cl)cc1-c1n[nH]c(Cc2ccc([N+](=O)[O-])cc2)n1. The molecule has 3 aromatic rings. The lowest BCUT2D eigenvalue weighted by atomic mass is 10.1. The molecule has 0 saturated carbocycles. The fraction of sp³-hybridized carbons (Fsp3) is 0.125. The Morgan fingerprint density at radius 3 is 2.68 bits per heavy atom. The summed E-state index contributed by atoms with van der Waals surface area (Å²) in [5.74, 6) is 1.55. The number of hydrogen-bond acceptors (Lipinski definition) is 6. The number of nitro groups is 1. The molecule has 0 atom stereocenters. The number of nitrogens with zero attached hydrogens (tertiary/aromatic N) is 3. The Labute approximate surface area is 147 Å². The van der Waals surface area contributed by atoms with Crippen LogP contribution in [0.4, 0.5) is 11.4 Å². The van der Waals surface area contributed by atoms with Crippen LogP contribution < -0.4 is 10.5 Å². The van der Waals surface area contributed by atoms with Crippen molar-refractivity contribution >= 4 is 23.0 Å². The average molecular weight is 360 g/mol. The second-order valence-electron chi connectivity index (χ2n) is 5.28. The van der Waals surface area contributed by atoms with Gasteiger partial charge in [-0.1, -0.05) is 23.7 Å². The quantitative estimate of drug-likeness (QED) is 0.410. The van der Waals surface area contributed by atoms with Crippen LogP contribution >= 0.6 is 11.6 Å². The first-order valence-electron chi connectivity index (χ1n) is 7.26. The number of non-ortho nitro benzene ring substituents is 1. The Balaban J connectivity index is 1.85. The number of aromatic nitrogens is 3. The summed E-state index contributed by atoms with van der Waals surface area (Å²) in [5, 5.41) is 18.1. The molecule has 0 radical (unpaired) electrons. The summed E-state index contributed by atoms with van der Waals surface area (Å²) in [6.45, 7) is 0. The minimum atomic E-state index is -0.437. The smallest absolute Gasteiger partial charge is 0.269 e. The van der Waals surface area contributed by atoms with Crippen molar-refractivity contribution in [3.63, 3.8) is 0 Å². The fourth-order valence-corrected chi connectivity index (χ4v) is 2.50. The highest BCUT2D eigenvalue weighted by Crippen LogP contribution is 2.34. The summed E-state index contributed by atoms with van der Waals surface area (Å²) in [6, 6.07) is 9.53. The molecule has 0 unspecified atom stereocenters. The number of anilines is 1. The number of aromatic amines is 1. The summed E-state index contributed by atoms with van der Waals surface area (Å²) in [7, 11) is 1.52. The zero-order valence-electron chi connectivity index (χ0n) is 13.2. The highest BCUT2D eigenvalue weighted by atomic mass is 35.5. The van der Waals surface area contributed by atoms with Crippen molar-refractivity contribution in [2.24, 2.45) is 0 Å². The lowest BCUT2D eigenvalue weighted by Gasteiger charge is -2.07. The van der Waals surface area contributed by atoms with Crippen LogP contribution in [0.3, 0.4) is 0 Å². The summed E-state index contributed by atoms with van der Waals surface area (Å²) in [5.41, 5.74) is 7.72. The molecule has 3 N–H and O–H groups in total. The zero-order chi connectivity index (χ0) is 18.0. The van der Waals surface area contributed by atoms with Gasteiger partial charge in [-0.05, 0) is 11.6 Å². The molecule has 3 rings (SSSR count). The predicted octanol–water partition coefficient (Wildman–Crippen LogP) is 3.21. The standard InChI is InChI=1S/C16H14ClN5O3/c1-25-14-8-13(18)12(17)7-11(14)16-19-15(20-21-16)6-9-2-4-10(5-3-9)22(23)24/h2-5,7-8H,6,18H2,1H3,(H,19,20,21). The van der Waals surface area contributed by atoms with E-state index in [4.69, 9.17) is 22.1 Å². The number of nitrogens with one attached hydrogen (secondary N) is 1. The largest absolute Gasteiger partial charge is 0.496 e. The highest BCUT2D eigenvalue weighted by Gasteiger charge is 2.15. The number of H-pyrrole nitrogens is 1. The van der Waals surface area contributed by atoms with E-state index in [0.29, 0.717) is 40.1 Å². The second kappa shape index (κ2) is 6.78. The number of nitrogen functional groups attached to an aromatic ring is 1. The predicted molar refractivity (Wildman–Crippen MR) is 93.7 cm³/mol. The van der Waals surface area contributed by atoms with E-state index in [-0.39, 0.29) is 5.69 Å². The van der Waals surface area contributed by atoms with Crippen molar-refractivity contribution in [2.75, 3.05) is 12.8 Å². The Hall–Kier alpha value is -3.13. The topological polar surface area (TPSA) is 120 Å². The summed E-state index contributed by atoms with van der Waals surface area (Å²) in [4.78, 5) is 14.7. The number of hydrogen-bond donors (Lipinski definition) is 2. The van der Waals surface area contributed by atoms with E-state index in [1.54, 1.807) is 24.3 Å². The summed E-state index contributed by atoms with van der Waals surface area (Å²) >= 11 is 6.07. The Bertz CT molecular complexity index is 924. The molecule has 1 heterocycles. The van der Waals surface area contributed by atoms with E-state index in [0.717, 1.165) is 5.56 Å². The van der Waals surface area contributed by atoms with Gasteiger partial charge in [0.05, 0.1) is 28.3 Å². The normalized spacial score (nSPS) is 10.6. The first-order valence-corrected chi connectivity index (χ1v) is 7.63. The van der Waals surface area contributed by atoms with Gasteiger partial charge in [0.1, 0.15) is 11.6 Å². The van der Waals surface area contributed by atoms with Crippen molar-refractivity contribution in [1.29, 1.82) is 0 Å². The maximum Gasteiger partial charge on any atom is 0.269 e. The van der Waals surface area contributed by atoms with Gasteiger partial charge < -0.3 is 10.5 Å². The van der Waals surface area contributed by atoms with E-state index < -0.39 is 4.92 Å². The molecule has 0 aliphatic heterocycles. The molecule has 0 saturated heterocycles. The van der Waals surface area contributed by atoms with Crippen LogP contribution in [0.25, 0.3) is 11.4 Å². The molecular weight excluding hydrogens is 346 g/mol. The number of methoxy groups -OCH3 is 1. The molecule has 128 valence electrons. The Morgan fingerprint density at radius 2 is 2.04 bits per heavy atom. The molecule has 0 fully saturated rings. The average Bonchev–Trinajstić information content (AvgIpc) is 3.05. The van der Waals surface area contributed by atoms with Gasteiger partial charge in [0.2, 0.25) is 0 Å². The molecular formula is C16H14ClN5O3. The lowest BCUT2D eigenvalue weighted by molar-refractivity contribution is -0.384. The Kier molecular flexibility index (Phi) is 4.53. The van der Waals surface area contributed by atoms with Gasteiger partial charge in [-0.2, -0.15) is 5.10 Å². The number of ether oxygens (including phenoxy) is 1. The number of benzene rings is 2. The molecule has 25 heavy (non-hydrogen) atoms. The van der Waals surface area contributed by atoms with Crippen LogP contribution in [0.1, 0.15) is 11.4 Å². The highest BCUT2D eigenvalue weighted by molar-refractivity contribution is 6.33. The minimum absolute atomic E-state index is 0.0447. The fourth-order valence-electron chi connectivity index (χ4n) is 2.34. The molecule has 2 aromatic carbocycles. The Morgan fingerprint density at radius 1 is 1.32 bits per heavy atom. The number of nitrogens with two attached hydrogens (primary N) is 1. The van der Waals surface area contributed by atoms with E-state index in [2.05, 4.69) is 15.2 Å². The van der Waals surface area contributed by atoms with Crippen LogP contribution in [0.5, 0.6) is 5.75 Å². The van der Waals surface area contributed by atoms with Crippen LogP contribution in [0.15, 0.2) is 36.4 Å². The van der Waals surface area contributed by atoms with Crippen LogP contribution in [0.2, 0.25) is 5.02 Å². The number of rotatable bonds is 5. The van der Waals surface area contributed by atoms with Gasteiger partial charge >= 0.3 is 0 Å². The van der Waals surface area contributed by atoms with Crippen molar-refractivity contribution in [3.05, 3.63) is 62.9 Å². The third kappa shape index (κ3) is 3.53. The third-order valence-electron chi connectivity index (χ3n) is 3.61. The van der Waals surface area contributed by atoms with Crippen molar-refractivity contribution < 1.29 is 9.66 Å². The van der Waals surface area contributed by atoms with Gasteiger partial charge in [-0.25, -0.2) is 4.98 Å². The number of nitro benzene ring substituents is 1. The van der Waals surface area contributed by atoms with Crippen molar-refractivity contribution in [3.8, 4) is 17.1 Å². The van der Waals surface area contributed by atoms with Crippen LogP contribution in [-0.2, 0) is 6.42 Å². The van der Waals surface area contributed by atoms with Crippen molar-refractivity contribution in [1.82, 2.24) is 15.2 Å². The van der Waals surface area contributed by atoms with Gasteiger partial charge in [-0.15, -0.1) is 0 Å². The second-order valence-corrected chi connectivity index (χ2v) is 5.69. The first kappa shape index (κ1) is 16.7. The third-order valence-corrected chi connectivity index (χ3v) is 3.94. The monoisotopic (exact) mass is 359 g/mol. The van der Waals surface area contributed by atoms with E-state index in [9.17, 15) is 10.1 Å². The van der Waals surface area contributed by atoms with E-state index in [1.165, 1.54) is 19.2 Å². The molecule has 9 heteroatoms. The van der Waals surface area contributed by atoms with Crippen LogP contribution in [-0.4, -0.2) is 27.2 Å². The van der Waals surface area contributed by atoms with Crippen molar-refractivity contribution in [2.45, 2.75) is 6.42 Å².